The van der Waals surface area contributed by atoms with E-state index in [2.05, 4.69) is 0 Å². The Morgan fingerprint density at radius 1 is 1.26 bits per heavy atom. The number of nitriles is 1. The van der Waals surface area contributed by atoms with Crippen molar-refractivity contribution in [2.45, 2.75) is 0 Å². The molecule has 0 N–H and O–H groups in total. The van der Waals surface area contributed by atoms with E-state index < -0.39 is 11.5 Å². The third-order valence-corrected chi connectivity index (χ3v) is 2.38. The predicted octanol–water partition coefficient (Wildman–Crippen LogP) is 1.74. The minimum absolute atomic E-state index is 0.208. The minimum atomic E-state index is -1.57. The van der Waals surface area contributed by atoms with Crippen molar-refractivity contribution >= 4 is 12.0 Å². The summed E-state index contributed by atoms with van der Waals surface area (Å²) in [7, 11) is 0. The first kappa shape index (κ1) is 12.6. The molecule has 0 radical (unpaired) electrons. The van der Waals surface area contributed by atoms with E-state index in [1.807, 2.05) is 0 Å². The maximum absolute atomic E-state index is 12.8. The van der Waals surface area contributed by atoms with Crippen LogP contribution in [0.2, 0.25) is 0 Å². The van der Waals surface area contributed by atoms with Gasteiger partial charge in [-0.3, -0.25) is 0 Å². The summed E-state index contributed by atoms with van der Waals surface area (Å²) < 4.78 is 18.1. The van der Waals surface area contributed by atoms with Crippen LogP contribution in [0.15, 0.2) is 46.4 Å². The molecule has 0 aliphatic carbocycles. The maximum atomic E-state index is 12.8. The number of benzene rings is 1. The van der Waals surface area contributed by atoms with Gasteiger partial charge in [0.05, 0.1) is 11.5 Å². The minimum Gasteiger partial charge on any atom is -0.544 e. The molecule has 0 saturated carbocycles. The number of hydrogen-bond donors (Lipinski definition) is 0. The molecule has 19 heavy (non-hydrogen) atoms. The molecule has 1 aromatic heterocycles. The van der Waals surface area contributed by atoms with Gasteiger partial charge < -0.3 is 14.3 Å². The smallest absolute Gasteiger partial charge is 0.134 e. The molecule has 0 spiro atoms. The number of nitrogens with zero attached hydrogens (tertiary/aromatic N) is 1. The van der Waals surface area contributed by atoms with Crippen LogP contribution in [-0.4, -0.2) is 5.97 Å². The third kappa shape index (κ3) is 2.87. The molecule has 0 amide bonds. The van der Waals surface area contributed by atoms with Crippen LogP contribution in [0, 0.1) is 17.1 Å². The number of carboxylic acid groups (broad SMARTS) is 1. The summed E-state index contributed by atoms with van der Waals surface area (Å²) in [6.45, 7) is 0. The van der Waals surface area contributed by atoms with E-state index in [1.54, 1.807) is 6.07 Å². The lowest BCUT2D eigenvalue weighted by Crippen LogP contribution is -2.23. The highest BCUT2D eigenvalue weighted by Gasteiger charge is 2.05. The second kappa shape index (κ2) is 5.19. The Morgan fingerprint density at radius 3 is 2.53 bits per heavy atom. The van der Waals surface area contributed by atoms with E-state index >= 15 is 0 Å². The summed E-state index contributed by atoms with van der Waals surface area (Å²) in [5, 5.41) is 19.2. The van der Waals surface area contributed by atoms with E-state index in [0.717, 1.165) is 6.08 Å². The number of aliphatic carboxylic acids is 1. The summed E-state index contributed by atoms with van der Waals surface area (Å²) in [5.41, 5.74) is 0.119. The van der Waals surface area contributed by atoms with E-state index in [9.17, 15) is 14.3 Å². The first-order chi connectivity index (χ1) is 9.10. The summed E-state index contributed by atoms with van der Waals surface area (Å²) in [4.78, 5) is 10.6. The molecular formula is C14H7FNO3-. The van der Waals surface area contributed by atoms with Crippen LogP contribution in [0.3, 0.4) is 0 Å². The molecule has 5 heteroatoms. The SMILES string of the molecule is N#C/C(=C/c1ccc(-c2ccc(F)cc2)o1)C(=O)[O-]. The molecule has 0 unspecified atom stereocenters. The lowest BCUT2D eigenvalue weighted by Gasteiger charge is -1.98. The molecule has 0 fully saturated rings. The van der Waals surface area contributed by atoms with Gasteiger partial charge in [0.15, 0.2) is 0 Å². The summed E-state index contributed by atoms with van der Waals surface area (Å²) in [6, 6.07) is 10.2. The number of hydrogen-bond acceptors (Lipinski definition) is 4. The van der Waals surface area contributed by atoms with Gasteiger partial charge in [-0.15, -0.1) is 0 Å². The average Bonchev–Trinajstić information content (AvgIpc) is 2.85. The van der Waals surface area contributed by atoms with Gasteiger partial charge in [-0.2, -0.15) is 5.26 Å². The summed E-state index contributed by atoms with van der Waals surface area (Å²) in [5.74, 6) is -1.27. The van der Waals surface area contributed by atoms with Crippen LogP contribution >= 0.6 is 0 Å². The Labute approximate surface area is 108 Å². The molecule has 94 valence electrons. The predicted molar refractivity (Wildman–Crippen MR) is 62.7 cm³/mol. The van der Waals surface area contributed by atoms with Crippen LogP contribution in [0.5, 0.6) is 0 Å². The molecule has 0 aliphatic heterocycles. The monoisotopic (exact) mass is 256 g/mol. The van der Waals surface area contributed by atoms with E-state index in [0.29, 0.717) is 11.3 Å². The maximum Gasteiger partial charge on any atom is 0.134 e. The summed E-state index contributed by atoms with van der Waals surface area (Å²) >= 11 is 0. The largest absolute Gasteiger partial charge is 0.544 e. The number of rotatable bonds is 3. The fraction of sp³-hybridized carbons (Fsp3) is 0. The van der Waals surface area contributed by atoms with Gasteiger partial charge in [0.1, 0.15) is 23.4 Å². The molecule has 2 rings (SSSR count). The van der Waals surface area contributed by atoms with Gasteiger partial charge >= 0.3 is 0 Å². The van der Waals surface area contributed by atoms with Gasteiger partial charge in [-0.1, -0.05) is 0 Å². The quantitative estimate of drug-likeness (QED) is 0.619. The molecule has 1 heterocycles. The van der Waals surface area contributed by atoms with Crippen LogP contribution in [0.25, 0.3) is 17.4 Å². The second-order valence-electron chi connectivity index (χ2n) is 3.67. The molecule has 0 aliphatic rings. The van der Waals surface area contributed by atoms with Gasteiger partial charge in [0.2, 0.25) is 0 Å². The van der Waals surface area contributed by atoms with Crippen molar-refractivity contribution in [3.8, 4) is 17.4 Å². The number of halogens is 1. The topological polar surface area (TPSA) is 77.1 Å². The number of carbonyl (C=O) groups excluding carboxylic acids is 1. The van der Waals surface area contributed by atoms with Crippen molar-refractivity contribution in [2.24, 2.45) is 0 Å². The first-order valence-corrected chi connectivity index (χ1v) is 5.29. The second-order valence-corrected chi connectivity index (χ2v) is 3.67. The third-order valence-electron chi connectivity index (χ3n) is 2.38. The highest BCUT2D eigenvalue weighted by atomic mass is 19.1. The van der Waals surface area contributed by atoms with Crippen molar-refractivity contribution in [2.75, 3.05) is 0 Å². The van der Waals surface area contributed by atoms with Crippen molar-refractivity contribution < 1.29 is 18.7 Å². The van der Waals surface area contributed by atoms with Crippen LogP contribution in [-0.2, 0) is 4.79 Å². The van der Waals surface area contributed by atoms with Crippen molar-refractivity contribution in [1.29, 1.82) is 5.26 Å². The first-order valence-electron chi connectivity index (χ1n) is 5.29. The van der Waals surface area contributed by atoms with Gasteiger partial charge in [-0.05, 0) is 36.4 Å². The standard InChI is InChI=1S/C14H8FNO3/c15-11-3-1-9(2-4-11)13-6-5-12(19-13)7-10(8-16)14(17)18/h1-7H,(H,17,18)/p-1/b10-7-. The van der Waals surface area contributed by atoms with Crippen molar-refractivity contribution in [3.05, 3.63) is 53.5 Å². The highest BCUT2D eigenvalue weighted by Crippen LogP contribution is 2.23. The Bertz CT molecular complexity index is 677. The molecular weight excluding hydrogens is 249 g/mol. The van der Waals surface area contributed by atoms with Crippen molar-refractivity contribution in [3.63, 3.8) is 0 Å². The van der Waals surface area contributed by atoms with E-state index in [1.165, 1.54) is 36.4 Å². The zero-order chi connectivity index (χ0) is 13.8. The zero-order valence-electron chi connectivity index (χ0n) is 9.59. The number of carboxylic acids is 1. The summed E-state index contributed by atoms with van der Waals surface area (Å²) in [6.07, 6.45) is 1.07. The van der Waals surface area contributed by atoms with Gasteiger partial charge in [-0.25, -0.2) is 4.39 Å². The Kier molecular flexibility index (Phi) is 3.44. The van der Waals surface area contributed by atoms with Crippen LogP contribution in [0.4, 0.5) is 4.39 Å². The Hall–Kier alpha value is -2.87. The number of carbonyl (C=O) groups is 1. The Morgan fingerprint density at radius 2 is 1.95 bits per heavy atom. The molecule has 1 aromatic carbocycles. The molecule has 0 saturated heterocycles. The lowest BCUT2D eigenvalue weighted by molar-refractivity contribution is -0.298. The molecule has 4 nitrogen and oxygen atoms in total. The Balaban J connectivity index is 2.32. The number of furan rings is 1. The van der Waals surface area contributed by atoms with Crippen LogP contribution in [0.1, 0.15) is 5.76 Å². The fourth-order valence-corrected chi connectivity index (χ4v) is 1.48. The normalized spacial score (nSPS) is 11.1. The van der Waals surface area contributed by atoms with Gasteiger partial charge in [0, 0.05) is 11.6 Å². The molecule has 0 atom stereocenters. The lowest BCUT2D eigenvalue weighted by atomic mass is 10.2. The van der Waals surface area contributed by atoms with E-state index in [-0.39, 0.29) is 11.6 Å². The fourth-order valence-electron chi connectivity index (χ4n) is 1.48. The van der Waals surface area contributed by atoms with Crippen molar-refractivity contribution in [1.82, 2.24) is 0 Å². The molecule has 2 aromatic rings. The van der Waals surface area contributed by atoms with E-state index in [4.69, 9.17) is 9.68 Å². The zero-order valence-corrected chi connectivity index (χ0v) is 9.59. The van der Waals surface area contributed by atoms with Gasteiger partial charge in [0.25, 0.3) is 0 Å². The average molecular weight is 256 g/mol. The molecule has 0 bridgehead atoms. The van der Waals surface area contributed by atoms with Crippen LogP contribution < -0.4 is 5.11 Å². The highest BCUT2D eigenvalue weighted by molar-refractivity contribution is 5.94.